The number of carboxylic acid groups (broad SMARTS) is 1. The highest BCUT2D eigenvalue weighted by atomic mass is 35.5. The van der Waals surface area contributed by atoms with E-state index >= 15 is 0 Å². The van der Waals surface area contributed by atoms with Crippen molar-refractivity contribution in [1.29, 1.82) is 0 Å². The molecule has 0 aliphatic carbocycles. The van der Waals surface area contributed by atoms with Gasteiger partial charge in [-0.3, -0.25) is 9.69 Å². The monoisotopic (exact) mass is 335 g/mol. The third kappa shape index (κ3) is 4.10. The molecule has 1 aromatic rings. The zero-order valence-electron chi connectivity index (χ0n) is 11.4. The Balaban J connectivity index is 1.87. The van der Waals surface area contributed by atoms with Crippen LogP contribution in [0.5, 0.6) is 0 Å². The normalized spacial score (nSPS) is 19.1. The Morgan fingerprint density at radius 1 is 1.50 bits per heavy atom. The van der Waals surface area contributed by atoms with Crippen molar-refractivity contribution in [3.05, 3.63) is 20.3 Å². The maximum atomic E-state index is 10.6. The average molecular weight is 336 g/mol. The van der Waals surface area contributed by atoms with Gasteiger partial charge in [-0.2, -0.15) is 0 Å². The molecule has 0 radical (unpaired) electrons. The van der Waals surface area contributed by atoms with Gasteiger partial charge in [-0.05, 0) is 51.3 Å². The molecule has 20 heavy (non-hydrogen) atoms. The number of hydrogen-bond acceptors (Lipinski definition) is 3. The summed E-state index contributed by atoms with van der Waals surface area (Å²) < 4.78 is 1.50. The van der Waals surface area contributed by atoms with Crippen LogP contribution in [0.1, 0.15) is 44.2 Å². The van der Waals surface area contributed by atoms with Crippen molar-refractivity contribution in [2.24, 2.45) is 5.92 Å². The Kier molecular flexibility index (Phi) is 5.73. The maximum absolute atomic E-state index is 10.6. The number of thiophene rings is 1. The van der Waals surface area contributed by atoms with E-state index in [4.69, 9.17) is 28.3 Å². The molecule has 6 heteroatoms. The third-order valence-electron chi connectivity index (χ3n) is 4.10. The lowest BCUT2D eigenvalue weighted by atomic mass is 9.91. The topological polar surface area (TPSA) is 40.5 Å². The summed E-state index contributed by atoms with van der Waals surface area (Å²) in [6.45, 7) is 4.15. The highest BCUT2D eigenvalue weighted by Crippen LogP contribution is 2.38. The lowest BCUT2D eigenvalue weighted by Crippen LogP contribution is -2.35. The smallest absolute Gasteiger partial charge is 0.303 e. The summed E-state index contributed by atoms with van der Waals surface area (Å²) in [5.74, 6) is -0.156. The molecule has 1 saturated heterocycles. The molecule has 0 bridgehead atoms. The van der Waals surface area contributed by atoms with Crippen LogP contribution in [0.15, 0.2) is 6.07 Å². The number of carbonyl (C=O) groups is 1. The van der Waals surface area contributed by atoms with Crippen molar-refractivity contribution in [3.63, 3.8) is 0 Å². The summed E-state index contributed by atoms with van der Waals surface area (Å²) in [7, 11) is 0. The summed E-state index contributed by atoms with van der Waals surface area (Å²) in [6, 6.07) is 2.22. The fourth-order valence-corrected chi connectivity index (χ4v) is 4.42. The first-order valence-corrected chi connectivity index (χ1v) is 8.45. The van der Waals surface area contributed by atoms with E-state index in [0.29, 0.717) is 5.92 Å². The molecule has 2 heterocycles. The van der Waals surface area contributed by atoms with Gasteiger partial charge in [0.25, 0.3) is 0 Å². The molecule has 1 N–H and O–H groups in total. The fourth-order valence-electron chi connectivity index (χ4n) is 2.79. The minimum atomic E-state index is -0.694. The van der Waals surface area contributed by atoms with Gasteiger partial charge in [-0.1, -0.05) is 23.2 Å². The highest BCUT2D eigenvalue weighted by Gasteiger charge is 2.25. The lowest BCUT2D eigenvalue weighted by molar-refractivity contribution is -0.137. The number of rotatable bonds is 5. The van der Waals surface area contributed by atoms with Crippen molar-refractivity contribution >= 4 is 40.5 Å². The van der Waals surface area contributed by atoms with Crippen molar-refractivity contribution in [1.82, 2.24) is 4.90 Å². The van der Waals surface area contributed by atoms with E-state index in [-0.39, 0.29) is 12.5 Å². The van der Waals surface area contributed by atoms with Crippen LogP contribution in [0, 0.1) is 5.92 Å². The minimum absolute atomic E-state index is 0.270. The molecule has 1 atom stereocenters. The molecular weight excluding hydrogens is 317 g/mol. The van der Waals surface area contributed by atoms with Crippen LogP contribution >= 0.6 is 34.5 Å². The summed E-state index contributed by atoms with van der Waals surface area (Å²) in [4.78, 5) is 13.0. The zero-order valence-corrected chi connectivity index (χ0v) is 13.8. The Morgan fingerprint density at radius 3 is 2.65 bits per heavy atom. The van der Waals surface area contributed by atoms with Gasteiger partial charge in [0.15, 0.2) is 0 Å². The van der Waals surface area contributed by atoms with Crippen LogP contribution in [0.3, 0.4) is 0 Å². The van der Waals surface area contributed by atoms with Gasteiger partial charge in [0.05, 0.1) is 8.67 Å². The fraction of sp³-hybridized carbons (Fsp3) is 0.643. The van der Waals surface area contributed by atoms with Crippen molar-refractivity contribution in [3.8, 4) is 0 Å². The number of likely N-dealkylation sites (tertiary alicyclic amines) is 1. The van der Waals surface area contributed by atoms with Gasteiger partial charge in [0, 0.05) is 18.0 Å². The van der Waals surface area contributed by atoms with Crippen LogP contribution < -0.4 is 0 Å². The molecule has 1 aliphatic heterocycles. The Hall–Kier alpha value is -0.290. The molecule has 1 aromatic heterocycles. The first kappa shape index (κ1) is 16.1. The molecule has 2 rings (SSSR count). The second-order valence-corrected chi connectivity index (χ2v) is 7.65. The van der Waals surface area contributed by atoms with E-state index < -0.39 is 5.97 Å². The van der Waals surface area contributed by atoms with Crippen LogP contribution in [0.2, 0.25) is 8.67 Å². The predicted octanol–water partition coefficient (Wildman–Crippen LogP) is 4.69. The molecule has 3 nitrogen and oxygen atoms in total. The van der Waals surface area contributed by atoms with Crippen molar-refractivity contribution < 1.29 is 9.90 Å². The van der Waals surface area contributed by atoms with Crippen LogP contribution in [0.25, 0.3) is 0 Å². The standard InChI is InChI=1S/C14H19Cl2NO2S/c1-9(11-8-12(15)20-14(11)16)17-6-4-10(5-7-17)2-3-13(18)19/h8-10H,2-7H2,1H3,(H,18,19). The Bertz CT molecular complexity index is 470. The maximum Gasteiger partial charge on any atom is 0.303 e. The molecule has 0 spiro atoms. The first-order chi connectivity index (χ1) is 9.47. The lowest BCUT2D eigenvalue weighted by Gasteiger charge is -2.36. The minimum Gasteiger partial charge on any atom is -0.481 e. The molecule has 1 unspecified atom stereocenters. The van der Waals surface area contributed by atoms with Crippen LogP contribution in [-0.2, 0) is 4.79 Å². The average Bonchev–Trinajstić information content (AvgIpc) is 2.75. The number of piperidine rings is 1. The van der Waals surface area contributed by atoms with E-state index in [2.05, 4.69) is 11.8 Å². The Morgan fingerprint density at radius 2 is 2.15 bits per heavy atom. The number of nitrogens with zero attached hydrogens (tertiary/aromatic N) is 1. The Labute approximate surface area is 133 Å². The summed E-state index contributed by atoms with van der Waals surface area (Å²) in [5.41, 5.74) is 1.10. The molecular formula is C14H19Cl2NO2S. The van der Waals surface area contributed by atoms with Gasteiger partial charge >= 0.3 is 5.97 Å². The van der Waals surface area contributed by atoms with E-state index in [1.807, 2.05) is 6.07 Å². The van der Waals surface area contributed by atoms with Gasteiger partial charge in [0.1, 0.15) is 0 Å². The number of carboxylic acids is 1. The van der Waals surface area contributed by atoms with E-state index in [9.17, 15) is 4.79 Å². The third-order valence-corrected chi connectivity index (χ3v) is 5.61. The number of aliphatic carboxylic acids is 1. The van der Waals surface area contributed by atoms with Gasteiger partial charge in [-0.15, -0.1) is 11.3 Å². The second kappa shape index (κ2) is 7.12. The molecule has 0 aromatic carbocycles. The SMILES string of the molecule is CC(c1cc(Cl)sc1Cl)N1CCC(CCC(=O)O)CC1. The predicted molar refractivity (Wildman–Crippen MR) is 83.9 cm³/mol. The van der Waals surface area contributed by atoms with Gasteiger partial charge in [0.2, 0.25) is 0 Å². The largest absolute Gasteiger partial charge is 0.481 e. The van der Waals surface area contributed by atoms with Crippen LogP contribution in [-0.4, -0.2) is 29.1 Å². The summed E-state index contributed by atoms with van der Waals surface area (Å²) in [5, 5.41) is 8.73. The zero-order chi connectivity index (χ0) is 14.7. The number of hydrogen-bond donors (Lipinski definition) is 1. The quantitative estimate of drug-likeness (QED) is 0.848. The van der Waals surface area contributed by atoms with Crippen molar-refractivity contribution in [2.45, 2.75) is 38.6 Å². The molecule has 1 fully saturated rings. The molecule has 112 valence electrons. The molecule has 1 aliphatic rings. The van der Waals surface area contributed by atoms with Gasteiger partial charge < -0.3 is 5.11 Å². The van der Waals surface area contributed by atoms with Crippen molar-refractivity contribution in [2.75, 3.05) is 13.1 Å². The number of halogens is 2. The van der Waals surface area contributed by atoms with E-state index in [1.165, 1.54) is 11.3 Å². The molecule has 0 saturated carbocycles. The van der Waals surface area contributed by atoms with Gasteiger partial charge in [-0.25, -0.2) is 0 Å². The van der Waals surface area contributed by atoms with E-state index in [1.54, 1.807) is 0 Å². The summed E-state index contributed by atoms with van der Waals surface area (Å²) in [6.07, 6.45) is 3.20. The summed E-state index contributed by atoms with van der Waals surface area (Å²) >= 11 is 13.6. The molecule has 0 amide bonds. The second-order valence-electron chi connectivity index (χ2n) is 5.37. The first-order valence-electron chi connectivity index (χ1n) is 6.88. The van der Waals surface area contributed by atoms with E-state index in [0.717, 1.165) is 46.6 Å². The highest BCUT2D eigenvalue weighted by molar-refractivity contribution is 7.20. The van der Waals surface area contributed by atoms with Crippen LogP contribution in [0.4, 0.5) is 0 Å².